The summed E-state index contributed by atoms with van der Waals surface area (Å²) in [7, 11) is 9.09. The molecule has 0 bridgehead atoms. The second-order valence-corrected chi connectivity index (χ2v) is 24.1. The third kappa shape index (κ3) is 22.8. The zero-order chi connectivity index (χ0) is 38.1. The van der Waals surface area contributed by atoms with E-state index in [0.717, 1.165) is 46.6 Å². The Balaban J connectivity index is -0.000000260. The molecule has 370 valence electrons. The molecule has 0 spiro atoms. The van der Waals surface area contributed by atoms with E-state index in [1.54, 1.807) is 10.6 Å². The minimum Gasteiger partial charge on any atom is -0.358 e. The molecule has 2 aromatic carbocycles. The van der Waals surface area contributed by atoms with Crippen LogP contribution < -0.4 is 10.6 Å². The van der Waals surface area contributed by atoms with Gasteiger partial charge < -0.3 is 54.4 Å². The molecule has 0 amide bonds. The van der Waals surface area contributed by atoms with E-state index in [2.05, 4.69) is 113 Å². The second kappa shape index (κ2) is 40.6. The van der Waals surface area contributed by atoms with Crippen LogP contribution in [0.1, 0.15) is 168 Å². The van der Waals surface area contributed by atoms with E-state index >= 15 is 0 Å². The van der Waals surface area contributed by atoms with Gasteiger partial charge in [-0.05, 0) is 138 Å². The Labute approximate surface area is 432 Å². The number of rotatable bonds is 10. The van der Waals surface area contributed by atoms with Gasteiger partial charge in [-0.15, -0.1) is 0 Å². The largest absolute Gasteiger partial charge is 2.00 e. The van der Waals surface area contributed by atoms with Gasteiger partial charge in [0.2, 0.25) is 0 Å². The summed E-state index contributed by atoms with van der Waals surface area (Å²) >= 11 is 0. The molecular weight excluding hydrogens is 930 g/mol. The van der Waals surface area contributed by atoms with Gasteiger partial charge in [0.05, 0.1) is 0 Å². The summed E-state index contributed by atoms with van der Waals surface area (Å²) < 4.78 is 0. The topological polar surface area (TPSA) is 6.48 Å². The summed E-state index contributed by atoms with van der Waals surface area (Å²) in [6, 6.07) is 24.6. The fourth-order valence-electron chi connectivity index (χ4n) is 11.2. The third-order valence-electron chi connectivity index (χ3n) is 14.7. The van der Waals surface area contributed by atoms with E-state index < -0.39 is 0 Å². The van der Waals surface area contributed by atoms with Gasteiger partial charge in [-0.3, -0.25) is 0 Å². The van der Waals surface area contributed by atoms with Crippen molar-refractivity contribution in [2.75, 3.05) is 28.2 Å². The van der Waals surface area contributed by atoms with Crippen LogP contribution >= 0.6 is 15.8 Å². The van der Waals surface area contributed by atoms with Gasteiger partial charge in [-0.2, -0.15) is 0 Å². The van der Waals surface area contributed by atoms with E-state index in [-0.39, 0.29) is 112 Å². The normalized spacial score (nSPS) is 24.1. The summed E-state index contributed by atoms with van der Waals surface area (Å²) in [5, 5.41) is 3.37. The Kier molecular flexibility index (Phi) is 46.9. The maximum absolute atomic E-state index is 2.45. The smallest absolute Gasteiger partial charge is 0.358 e. The molecule has 0 heterocycles. The fourth-order valence-corrected chi connectivity index (χ4v) is 19.3. The molecule has 8 atom stereocenters. The summed E-state index contributed by atoms with van der Waals surface area (Å²) in [5.74, 6) is 1.81. The van der Waals surface area contributed by atoms with Gasteiger partial charge in [-0.1, -0.05) is 179 Å². The van der Waals surface area contributed by atoms with Crippen molar-refractivity contribution in [3.05, 3.63) is 105 Å². The van der Waals surface area contributed by atoms with Crippen molar-refractivity contribution in [1.29, 1.82) is 0 Å². The first-order valence-electron chi connectivity index (χ1n) is 23.4. The van der Waals surface area contributed by atoms with Crippen molar-refractivity contribution in [2.24, 2.45) is 11.8 Å². The predicted molar refractivity (Wildman–Crippen MR) is 284 cm³/mol. The van der Waals surface area contributed by atoms with Crippen molar-refractivity contribution >= 4 is 26.5 Å². The summed E-state index contributed by atoms with van der Waals surface area (Å²) in [5.41, 5.74) is 3.91. The van der Waals surface area contributed by atoms with Crippen LogP contribution in [0.2, 0.25) is 0 Å². The Morgan fingerprint density at radius 1 is 0.365 bits per heavy atom. The molecule has 0 aliphatic heterocycles. The van der Waals surface area contributed by atoms with Crippen molar-refractivity contribution in [2.45, 2.75) is 203 Å². The Hall–Kier alpha value is 0.778. The molecule has 8 rings (SSSR count). The SMILES string of the molecule is C1CCCC1.C1CCCC1.C[C@H](C1CCCC1P(c1ccccc1)C1CCCC1)N(C)C.C[C@H](C1CCCC1[P@@](c1ccccc1)C1CCCC1)N(C)C.[CH3-].[CH3-].[CH3-].[CH3-].[CH3-].[CH3-].[Fe+2].[Fe+2].[Fe+2]. The first-order valence-corrected chi connectivity index (χ1v) is 26.3. The molecule has 7 heteroatoms. The van der Waals surface area contributed by atoms with Crippen LogP contribution in [-0.2, 0) is 51.2 Å². The fraction of sp³-hybridized carbons (Fsp3) is 0.679. The van der Waals surface area contributed by atoms with E-state index in [1.165, 1.54) is 154 Å². The van der Waals surface area contributed by atoms with Crippen LogP contribution in [0.3, 0.4) is 0 Å². The molecule has 6 aliphatic carbocycles. The Morgan fingerprint density at radius 2 is 0.619 bits per heavy atom. The van der Waals surface area contributed by atoms with Gasteiger partial charge in [-0.25, -0.2) is 0 Å². The first kappa shape index (κ1) is 72.8. The molecule has 0 aromatic heterocycles. The van der Waals surface area contributed by atoms with Gasteiger partial charge in [0.1, 0.15) is 0 Å². The number of hydrogen-bond acceptors (Lipinski definition) is 2. The molecule has 5 unspecified atom stereocenters. The maximum atomic E-state index is 2.45. The van der Waals surface area contributed by atoms with Crippen LogP contribution in [0.25, 0.3) is 0 Å². The summed E-state index contributed by atoms with van der Waals surface area (Å²) in [6.45, 7) is 4.91. The second-order valence-electron chi connectivity index (χ2n) is 18.6. The number of benzene rings is 2. The van der Waals surface area contributed by atoms with E-state index in [1.807, 2.05) is 0 Å². The molecule has 2 nitrogen and oxygen atoms in total. The molecule has 0 saturated heterocycles. The van der Waals surface area contributed by atoms with E-state index in [0.29, 0.717) is 0 Å². The first-order chi connectivity index (χ1) is 26.4. The van der Waals surface area contributed by atoms with Crippen molar-refractivity contribution < 1.29 is 51.2 Å². The number of hydrogen-bond donors (Lipinski definition) is 0. The molecular formula is C56H102Fe3N2P2. The van der Waals surface area contributed by atoms with Gasteiger partial charge in [0.25, 0.3) is 0 Å². The van der Waals surface area contributed by atoms with Crippen LogP contribution in [0.4, 0.5) is 0 Å². The Bertz CT molecular complexity index is 1140. The molecule has 2 aromatic rings. The predicted octanol–water partition coefficient (Wildman–Crippen LogP) is 16.3. The van der Waals surface area contributed by atoms with Crippen LogP contribution in [0.5, 0.6) is 0 Å². The van der Waals surface area contributed by atoms with Crippen LogP contribution in [0.15, 0.2) is 60.7 Å². The van der Waals surface area contributed by atoms with Crippen LogP contribution in [0, 0.1) is 56.4 Å². The van der Waals surface area contributed by atoms with Crippen molar-refractivity contribution in [3.8, 4) is 0 Å². The molecule has 0 N–H and O–H groups in total. The summed E-state index contributed by atoms with van der Waals surface area (Å²) in [4.78, 5) is 4.91. The minimum absolute atomic E-state index is 0. The molecule has 63 heavy (non-hydrogen) atoms. The van der Waals surface area contributed by atoms with E-state index in [9.17, 15) is 0 Å². The average Bonchev–Trinajstić information content (AvgIpc) is 4.05. The molecule has 6 saturated carbocycles. The van der Waals surface area contributed by atoms with E-state index in [4.69, 9.17) is 0 Å². The summed E-state index contributed by atoms with van der Waals surface area (Å²) in [6.07, 6.45) is 35.6. The molecule has 6 fully saturated rings. The molecule has 0 radical (unpaired) electrons. The Morgan fingerprint density at radius 3 is 0.857 bits per heavy atom. The van der Waals surface area contributed by atoms with Crippen molar-refractivity contribution in [3.63, 3.8) is 0 Å². The maximum Gasteiger partial charge on any atom is 2.00 e. The van der Waals surface area contributed by atoms with Gasteiger partial charge in [0.15, 0.2) is 0 Å². The third-order valence-corrected chi connectivity index (χ3v) is 21.8. The average molecular weight is 1030 g/mol. The zero-order valence-corrected chi connectivity index (χ0v) is 48.3. The van der Waals surface area contributed by atoms with Crippen molar-refractivity contribution in [1.82, 2.24) is 9.80 Å². The zero-order valence-electron chi connectivity index (χ0n) is 43.2. The monoisotopic (exact) mass is 1030 g/mol. The van der Waals surface area contributed by atoms with Gasteiger partial charge in [0, 0.05) is 12.1 Å². The number of nitrogens with zero attached hydrogens (tertiary/aromatic N) is 2. The molecule has 6 aliphatic rings. The standard InChI is InChI=1S/2C20H32NP.2C5H10.6CH3.3Fe/c2*1-16(21(2)3)19-14-9-15-20(19)22(18-12-7-8-13-18)17-10-5-4-6-11-17;2*1-2-4-5-3-1;;;;;;;;;/h2*4-6,10-11,16,18-20H,7-9,12-15H2,1-3H3;2*1-5H2;6*1H3;;;/q;;;;6*-1;3*+2/t16-,19?,20?,22?;16-,19?,20?,22+;;;;;;;;;;;/m11.........../s1. The van der Waals surface area contributed by atoms with Crippen LogP contribution in [-0.4, -0.2) is 72.7 Å². The van der Waals surface area contributed by atoms with Gasteiger partial charge >= 0.3 is 51.2 Å². The minimum atomic E-state index is 0. The quantitative estimate of drug-likeness (QED) is 0.133.